The molecule has 2 unspecified atom stereocenters. The molecular formula is C17H16N6O7. The molecule has 0 spiro atoms. The number of ether oxygens (including phenoxy) is 1. The van der Waals surface area contributed by atoms with Crippen molar-refractivity contribution in [3.8, 4) is 0 Å². The zero-order chi connectivity index (χ0) is 21.6. The molecule has 3 heterocycles. The quantitative estimate of drug-likeness (QED) is 0.229. The Bertz CT molecular complexity index is 1130. The number of non-ortho nitro benzene ring substituents is 1. The molecule has 1 saturated heterocycles. The van der Waals surface area contributed by atoms with Crippen molar-refractivity contribution < 1.29 is 29.8 Å². The van der Waals surface area contributed by atoms with Gasteiger partial charge in [-0.2, -0.15) is 0 Å². The van der Waals surface area contributed by atoms with Gasteiger partial charge in [0.2, 0.25) is 11.6 Å². The van der Waals surface area contributed by atoms with E-state index < -0.39 is 41.9 Å². The Kier molecular flexibility index (Phi) is 4.87. The number of aliphatic hydroxyl groups excluding tert-OH is 3. The van der Waals surface area contributed by atoms with E-state index in [4.69, 9.17) is 10.5 Å². The van der Waals surface area contributed by atoms with Gasteiger partial charge in [0, 0.05) is 17.7 Å². The van der Waals surface area contributed by atoms with E-state index in [1.165, 1.54) is 35.2 Å². The number of aromatic nitrogens is 4. The first-order chi connectivity index (χ1) is 14.3. The number of hydrogen-bond donors (Lipinski definition) is 4. The lowest BCUT2D eigenvalue weighted by Gasteiger charge is -2.16. The molecular weight excluding hydrogens is 400 g/mol. The Morgan fingerprint density at radius 2 is 1.93 bits per heavy atom. The number of carbonyl (C=O) groups is 1. The van der Waals surface area contributed by atoms with E-state index in [-0.39, 0.29) is 34.1 Å². The van der Waals surface area contributed by atoms with E-state index in [1.807, 2.05) is 0 Å². The number of nitrogen functional groups attached to an aromatic ring is 1. The number of imidazole rings is 1. The Balaban J connectivity index is 1.73. The second-order valence-corrected chi connectivity index (χ2v) is 6.62. The van der Waals surface area contributed by atoms with Gasteiger partial charge in [-0.3, -0.25) is 19.5 Å². The monoisotopic (exact) mass is 416 g/mol. The number of fused-ring (bicyclic) bond motifs is 1. The highest BCUT2D eigenvalue weighted by atomic mass is 16.6. The highest BCUT2D eigenvalue weighted by Gasteiger charge is 2.44. The third-order valence-corrected chi connectivity index (χ3v) is 4.78. The summed E-state index contributed by atoms with van der Waals surface area (Å²) in [6.45, 7) is -0.512. The van der Waals surface area contributed by atoms with Gasteiger partial charge in [-0.25, -0.2) is 15.0 Å². The second-order valence-electron chi connectivity index (χ2n) is 6.62. The van der Waals surface area contributed by atoms with Gasteiger partial charge in [-0.1, -0.05) is 0 Å². The van der Waals surface area contributed by atoms with Crippen molar-refractivity contribution in [3.05, 3.63) is 52.1 Å². The van der Waals surface area contributed by atoms with Crippen LogP contribution in [0.25, 0.3) is 11.2 Å². The summed E-state index contributed by atoms with van der Waals surface area (Å²) in [4.78, 5) is 35.1. The number of ketones is 1. The summed E-state index contributed by atoms with van der Waals surface area (Å²) in [5.74, 6) is -1.02. The summed E-state index contributed by atoms with van der Waals surface area (Å²) in [6, 6.07) is 4.90. The molecule has 0 radical (unpaired) electrons. The van der Waals surface area contributed by atoms with Crippen molar-refractivity contribution in [3.63, 3.8) is 0 Å². The van der Waals surface area contributed by atoms with Crippen molar-refractivity contribution in [1.29, 1.82) is 0 Å². The fourth-order valence-corrected chi connectivity index (χ4v) is 3.20. The molecule has 30 heavy (non-hydrogen) atoms. The van der Waals surface area contributed by atoms with Crippen LogP contribution in [0.2, 0.25) is 0 Å². The van der Waals surface area contributed by atoms with Gasteiger partial charge in [-0.05, 0) is 12.1 Å². The summed E-state index contributed by atoms with van der Waals surface area (Å²) < 4.78 is 6.75. The largest absolute Gasteiger partial charge is 0.394 e. The number of benzene rings is 1. The maximum atomic E-state index is 12.8. The van der Waals surface area contributed by atoms with Gasteiger partial charge in [0.1, 0.15) is 23.8 Å². The number of nitro benzene ring substituents is 1. The first kappa shape index (κ1) is 19.8. The van der Waals surface area contributed by atoms with Crippen molar-refractivity contribution in [1.82, 2.24) is 19.5 Å². The van der Waals surface area contributed by atoms with Gasteiger partial charge >= 0.3 is 0 Å². The number of rotatable bonds is 5. The minimum absolute atomic E-state index is 0.0719. The molecule has 0 amide bonds. The minimum Gasteiger partial charge on any atom is -0.394 e. The van der Waals surface area contributed by atoms with Crippen molar-refractivity contribution in [2.45, 2.75) is 24.5 Å². The third kappa shape index (κ3) is 3.15. The van der Waals surface area contributed by atoms with Gasteiger partial charge in [0.05, 0.1) is 17.9 Å². The molecule has 13 heteroatoms. The van der Waals surface area contributed by atoms with E-state index >= 15 is 0 Å². The molecule has 156 valence electrons. The highest BCUT2D eigenvalue weighted by molar-refractivity contribution is 6.07. The summed E-state index contributed by atoms with van der Waals surface area (Å²) in [6.07, 6.45) is -3.60. The molecule has 5 N–H and O–H groups in total. The van der Waals surface area contributed by atoms with E-state index in [1.54, 1.807) is 0 Å². The summed E-state index contributed by atoms with van der Waals surface area (Å²) in [5, 5.41) is 40.3. The zero-order valence-corrected chi connectivity index (χ0v) is 15.2. The fourth-order valence-electron chi connectivity index (χ4n) is 3.20. The van der Waals surface area contributed by atoms with Gasteiger partial charge in [0.25, 0.3) is 5.69 Å². The maximum absolute atomic E-state index is 12.8. The van der Waals surface area contributed by atoms with Crippen molar-refractivity contribution in [2.24, 2.45) is 0 Å². The van der Waals surface area contributed by atoms with Crippen LogP contribution < -0.4 is 5.73 Å². The minimum atomic E-state index is -1.38. The molecule has 1 aromatic carbocycles. The van der Waals surface area contributed by atoms with Gasteiger partial charge < -0.3 is 25.8 Å². The first-order valence-corrected chi connectivity index (χ1v) is 8.73. The summed E-state index contributed by atoms with van der Waals surface area (Å²) >= 11 is 0. The van der Waals surface area contributed by atoms with E-state index in [2.05, 4.69) is 15.0 Å². The van der Waals surface area contributed by atoms with Crippen LogP contribution in [-0.4, -0.2) is 70.5 Å². The molecule has 4 rings (SSSR count). The van der Waals surface area contributed by atoms with E-state index in [0.717, 1.165) is 0 Å². The molecule has 4 atom stereocenters. The number of carbonyl (C=O) groups excluding carboxylic acids is 1. The molecule has 3 aromatic rings. The average Bonchev–Trinajstić information content (AvgIpc) is 3.29. The zero-order valence-electron chi connectivity index (χ0n) is 15.2. The smallest absolute Gasteiger partial charge is 0.269 e. The number of nitrogens with zero attached hydrogens (tertiary/aromatic N) is 5. The number of anilines is 1. The number of aliphatic hydroxyl groups is 3. The Hall–Kier alpha value is -3.52. The second kappa shape index (κ2) is 7.38. The lowest BCUT2D eigenvalue weighted by Crippen LogP contribution is -2.33. The van der Waals surface area contributed by atoms with E-state index in [0.29, 0.717) is 0 Å². The van der Waals surface area contributed by atoms with E-state index in [9.17, 15) is 30.2 Å². The number of hydrogen-bond acceptors (Lipinski definition) is 11. The Morgan fingerprint density at radius 3 is 2.53 bits per heavy atom. The Morgan fingerprint density at radius 1 is 1.23 bits per heavy atom. The number of nitrogens with two attached hydrogens (primary N) is 1. The SMILES string of the molecule is Nc1nc(C(=O)c2ccc([N+](=O)[O-])cc2)nc2c1ncn2[C@@H]1O[C@H](CO)C(O)C1O. The van der Waals surface area contributed by atoms with Crippen molar-refractivity contribution >= 4 is 28.5 Å². The molecule has 2 aromatic heterocycles. The molecule has 0 saturated carbocycles. The molecule has 0 bridgehead atoms. The summed E-state index contributed by atoms with van der Waals surface area (Å²) in [7, 11) is 0. The number of nitro groups is 1. The van der Waals surface area contributed by atoms with Crippen LogP contribution >= 0.6 is 0 Å². The molecule has 1 fully saturated rings. The predicted molar refractivity (Wildman–Crippen MR) is 99.3 cm³/mol. The summed E-state index contributed by atoms with van der Waals surface area (Å²) in [5.41, 5.74) is 6.05. The normalized spacial score (nSPS) is 23.7. The highest BCUT2D eigenvalue weighted by Crippen LogP contribution is 2.32. The molecule has 0 aliphatic carbocycles. The van der Waals surface area contributed by atoms with Gasteiger partial charge in [0.15, 0.2) is 17.7 Å². The molecule has 1 aliphatic rings. The third-order valence-electron chi connectivity index (χ3n) is 4.78. The maximum Gasteiger partial charge on any atom is 0.269 e. The standard InChI is InChI=1S/C17H16N6O7/c18-14-10-16(22(6-19-10)17-13(27)12(26)9(5-24)30-17)21-15(20-14)11(25)7-1-3-8(4-2-7)23(28)29/h1-4,6,9,12-13,17,24,26-27H,5H2,(H2,18,20,21)/t9-,12?,13?,17-/m1/s1. The Labute approximate surface area is 167 Å². The predicted octanol–water partition coefficient (Wildman–Crippen LogP) is -0.841. The molecule has 1 aliphatic heterocycles. The van der Waals surface area contributed by atoms with Crippen LogP contribution in [0.5, 0.6) is 0 Å². The van der Waals surface area contributed by atoms with Crippen LogP contribution in [0.4, 0.5) is 11.5 Å². The first-order valence-electron chi connectivity index (χ1n) is 8.73. The van der Waals surface area contributed by atoms with Gasteiger partial charge in [-0.15, -0.1) is 0 Å². The fraction of sp³-hybridized carbons (Fsp3) is 0.294. The molecule has 13 nitrogen and oxygen atoms in total. The van der Waals surface area contributed by atoms with Crippen LogP contribution in [0.15, 0.2) is 30.6 Å². The van der Waals surface area contributed by atoms with Crippen LogP contribution in [0, 0.1) is 10.1 Å². The topological polar surface area (TPSA) is 200 Å². The lowest BCUT2D eigenvalue weighted by atomic mass is 10.1. The van der Waals surface area contributed by atoms with Crippen LogP contribution in [-0.2, 0) is 4.74 Å². The van der Waals surface area contributed by atoms with Crippen LogP contribution in [0.3, 0.4) is 0 Å². The lowest BCUT2D eigenvalue weighted by molar-refractivity contribution is -0.384. The van der Waals surface area contributed by atoms with Crippen molar-refractivity contribution in [2.75, 3.05) is 12.3 Å². The van der Waals surface area contributed by atoms with Crippen LogP contribution in [0.1, 0.15) is 22.4 Å². The average molecular weight is 416 g/mol.